The summed E-state index contributed by atoms with van der Waals surface area (Å²) >= 11 is 9.69. The van der Waals surface area contributed by atoms with Crippen LogP contribution in [0.1, 0.15) is 11.3 Å². The van der Waals surface area contributed by atoms with E-state index in [-0.39, 0.29) is 18.2 Å². The number of ether oxygens (including phenoxy) is 1. The average Bonchev–Trinajstić information content (AvgIpc) is 3.02. The van der Waals surface area contributed by atoms with Crippen molar-refractivity contribution in [3.8, 4) is 21.6 Å². The number of benzene rings is 2. The van der Waals surface area contributed by atoms with Crippen molar-refractivity contribution >= 4 is 47.1 Å². The Kier molecular flexibility index (Phi) is 7.65. The molecule has 4 rings (SSSR count). The van der Waals surface area contributed by atoms with E-state index in [1.165, 1.54) is 6.07 Å². The predicted molar refractivity (Wildman–Crippen MR) is 124 cm³/mol. The molecule has 2 nitrogen and oxygen atoms in total. The quantitative estimate of drug-likeness (QED) is 0.276. The van der Waals surface area contributed by atoms with Crippen LogP contribution in [-0.4, -0.2) is 32.1 Å². The lowest BCUT2D eigenvalue weighted by atomic mass is 10.0. The van der Waals surface area contributed by atoms with E-state index in [9.17, 15) is 4.39 Å². The van der Waals surface area contributed by atoms with E-state index in [1.807, 2.05) is 12.1 Å². The van der Waals surface area contributed by atoms with Gasteiger partial charge in [-0.05, 0) is 56.9 Å². The predicted octanol–water partition coefficient (Wildman–Crippen LogP) is 7.23. The average molecular weight is 470 g/mol. The summed E-state index contributed by atoms with van der Waals surface area (Å²) in [6, 6.07) is 13.4. The second-order valence-electron chi connectivity index (χ2n) is 7.03. The summed E-state index contributed by atoms with van der Waals surface area (Å²) in [7, 11) is 4.13. The van der Waals surface area contributed by atoms with Gasteiger partial charge in [-0.3, -0.25) is 0 Å². The van der Waals surface area contributed by atoms with Crippen LogP contribution >= 0.6 is 47.1 Å². The maximum Gasteiger partial charge on any atom is 0.125 e. The smallest absolute Gasteiger partial charge is 0.125 e. The molecule has 1 aliphatic rings. The van der Waals surface area contributed by atoms with Crippen LogP contribution in [0.25, 0.3) is 21.6 Å². The van der Waals surface area contributed by atoms with Crippen LogP contribution in [0.2, 0.25) is 5.02 Å². The van der Waals surface area contributed by atoms with Gasteiger partial charge < -0.3 is 9.64 Å². The molecule has 2 heterocycles. The van der Waals surface area contributed by atoms with Crippen LogP contribution in [0.3, 0.4) is 0 Å². The Morgan fingerprint density at radius 2 is 1.86 bits per heavy atom. The second kappa shape index (κ2) is 9.82. The van der Waals surface area contributed by atoms with Gasteiger partial charge in [0.15, 0.2) is 0 Å². The van der Waals surface area contributed by atoms with Gasteiger partial charge in [-0.25, -0.2) is 4.39 Å². The van der Waals surface area contributed by atoms with Gasteiger partial charge in [-0.15, -0.1) is 23.7 Å². The highest BCUT2D eigenvalue weighted by molar-refractivity contribution is 7.99. The number of fused-ring (bicyclic) bond motifs is 5. The number of hydrogen-bond acceptors (Lipinski definition) is 4. The van der Waals surface area contributed by atoms with E-state index in [2.05, 4.69) is 37.2 Å². The van der Waals surface area contributed by atoms with Gasteiger partial charge in [0, 0.05) is 37.3 Å². The van der Waals surface area contributed by atoms with E-state index in [1.54, 1.807) is 29.2 Å². The van der Waals surface area contributed by atoms with Gasteiger partial charge in [0.05, 0.1) is 11.6 Å². The number of thiophene rings is 1. The zero-order valence-electron chi connectivity index (χ0n) is 16.2. The lowest BCUT2D eigenvalue weighted by Crippen LogP contribution is -2.14. The first-order valence-corrected chi connectivity index (χ1v) is 11.2. The first-order chi connectivity index (χ1) is 13.5. The SMILES string of the molecule is CN(C)CCCOCc1cc2c(s1)-c1cc(F)cc(Cl)c1Sc1ccccc1-2.Cl. The Hall–Kier alpha value is -1.08. The minimum atomic E-state index is -0.309. The molecule has 0 amide bonds. The van der Waals surface area contributed by atoms with Crippen molar-refractivity contribution in [1.82, 2.24) is 4.90 Å². The summed E-state index contributed by atoms with van der Waals surface area (Å²) in [6.07, 6.45) is 1.00. The molecule has 0 aliphatic carbocycles. The lowest BCUT2D eigenvalue weighted by Gasteiger charge is -2.09. The zero-order chi connectivity index (χ0) is 19.7. The highest BCUT2D eigenvalue weighted by Crippen LogP contribution is 2.53. The van der Waals surface area contributed by atoms with Crippen molar-refractivity contribution in [2.45, 2.75) is 22.8 Å². The van der Waals surface area contributed by atoms with Crippen molar-refractivity contribution in [1.29, 1.82) is 0 Å². The summed E-state index contributed by atoms with van der Waals surface area (Å²) in [5.74, 6) is -0.309. The molecule has 7 heteroatoms. The third kappa shape index (κ3) is 4.98. The molecule has 0 radical (unpaired) electrons. The summed E-state index contributed by atoms with van der Waals surface area (Å²) in [4.78, 5) is 6.39. The van der Waals surface area contributed by atoms with Crippen LogP contribution < -0.4 is 0 Å². The Labute approximate surface area is 190 Å². The minimum absolute atomic E-state index is 0. The maximum atomic E-state index is 14.2. The number of halogens is 3. The van der Waals surface area contributed by atoms with Crippen LogP contribution in [0.15, 0.2) is 52.3 Å². The van der Waals surface area contributed by atoms with Crippen LogP contribution in [-0.2, 0) is 11.3 Å². The topological polar surface area (TPSA) is 12.5 Å². The van der Waals surface area contributed by atoms with Gasteiger partial charge >= 0.3 is 0 Å². The summed E-state index contributed by atoms with van der Waals surface area (Å²) in [5, 5.41) is 0.456. The summed E-state index contributed by atoms with van der Waals surface area (Å²) < 4.78 is 20.0. The third-order valence-electron chi connectivity index (χ3n) is 4.56. The largest absolute Gasteiger partial charge is 0.376 e. The molecule has 0 unspecified atom stereocenters. The van der Waals surface area contributed by atoms with Gasteiger partial charge in [0.2, 0.25) is 0 Å². The van der Waals surface area contributed by atoms with Crippen LogP contribution in [0.4, 0.5) is 4.39 Å². The Balaban J connectivity index is 0.00000240. The molecule has 1 aromatic heterocycles. The fourth-order valence-corrected chi connectivity index (χ4v) is 5.89. The van der Waals surface area contributed by atoms with E-state index < -0.39 is 0 Å². The van der Waals surface area contributed by atoms with E-state index in [4.69, 9.17) is 16.3 Å². The standard InChI is InChI=1S/C22H21ClFNOS2.ClH/c1-25(2)8-5-9-26-13-15-12-17-16-6-3-4-7-20(16)28-22-18(21(17)27-15)10-14(24)11-19(22)23;/h3-4,6-7,10-12H,5,8-9,13H2,1-2H3;1H. The summed E-state index contributed by atoms with van der Waals surface area (Å²) in [6.45, 7) is 2.31. The molecule has 0 spiro atoms. The monoisotopic (exact) mass is 469 g/mol. The van der Waals surface area contributed by atoms with Crippen molar-refractivity contribution in [2.24, 2.45) is 0 Å². The first kappa shape index (κ1) is 22.6. The normalized spacial score (nSPS) is 12.0. The Bertz CT molecular complexity index is 1010. The van der Waals surface area contributed by atoms with Crippen LogP contribution in [0, 0.1) is 5.82 Å². The fourth-order valence-electron chi connectivity index (χ4n) is 3.29. The third-order valence-corrected chi connectivity index (χ3v) is 7.34. The Morgan fingerprint density at radius 1 is 1.07 bits per heavy atom. The number of nitrogens with zero attached hydrogens (tertiary/aromatic N) is 1. The maximum absolute atomic E-state index is 14.2. The highest BCUT2D eigenvalue weighted by Gasteiger charge is 2.25. The molecule has 0 fully saturated rings. The number of rotatable bonds is 6. The van der Waals surface area contributed by atoms with Gasteiger partial charge in [-0.2, -0.15) is 0 Å². The molecule has 0 saturated carbocycles. The molecule has 3 aromatic rings. The highest BCUT2D eigenvalue weighted by atomic mass is 35.5. The van der Waals surface area contributed by atoms with Crippen molar-refractivity contribution in [3.63, 3.8) is 0 Å². The molecular weight excluding hydrogens is 448 g/mol. The molecule has 0 atom stereocenters. The minimum Gasteiger partial charge on any atom is -0.376 e. The lowest BCUT2D eigenvalue weighted by molar-refractivity contribution is 0.115. The zero-order valence-corrected chi connectivity index (χ0v) is 19.4. The summed E-state index contributed by atoms with van der Waals surface area (Å²) in [5.41, 5.74) is 3.15. The van der Waals surface area contributed by atoms with Crippen molar-refractivity contribution < 1.29 is 9.13 Å². The van der Waals surface area contributed by atoms with E-state index in [0.29, 0.717) is 11.6 Å². The molecule has 2 aromatic carbocycles. The van der Waals surface area contributed by atoms with Gasteiger partial charge in [0.1, 0.15) is 5.82 Å². The van der Waals surface area contributed by atoms with Gasteiger partial charge in [-0.1, -0.05) is 41.6 Å². The van der Waals surface area contributed by atoms with E-state index in [0.717, 1.165) is 55.8 Å². The van der Waals surface area contributed by atoms with Gasteiger partial charge in [0.25, 0.3) is 0 Å². The molecule has 154 valence electrons. The van der Waals surface area contributed by atoms with Crippen molar-refractivity contribution in [2.75, 3.05) is 27.2 Å². The molecule has 0 bridgehead atoms. The van der Waals surface area contributed by atoms with E-state index >= 15 is 0 Å². The Morgan fingerprint density at radius 3 is 2.66 bits per heavy atom. The molecule has 29 heavy (non-hydrogen) atoms. The molecular formula is C22H22Cl2FNOS2. The van der Waals surface area contributed by atoms with Crippen LogP contribution in [0.5, 0.6) is 0 Å². The second-order valence-corrected chi connectivity index (χ2v) is 9.62. The molecule has 1 aliphatic heterocycles. The molecule has 0 saturated heterocycles. The number of hydrogen-bond donors (Lipinski definition) is 0. The fraction of sp³-hybridized carbons (Fsp3) is 0.273. The first-order valence-electron chi connectivity index (χ1n) is 9.15. The van der Waals surface area contributed by atoms with Crippen molar-refractivity contribution in [3.05, 3.63) is 58.2 Å². The molecule has 0 N–H and O–H groups in total.